The molecule has 1 heterocycles. The number of benzene rings is 2. The van der Waals surface area contributed by atoms with Crippen molar-refractivity contribution in [2.75, 3.05) is 18.7 Å². The van der Waals surface area contributed by atoms with Crippen LogP contribution in [0.3, 0.4) is 0 Å². The van der Waals surface area contributed by atoms with Crippen molar-refractivity contribution in [3.05, 3.63) is 64.3 Å². The lowest BCUT2D eigenvalue weighted by Gasteiger charge is -2.17. The van der Waals surface area contributed by atoms with Gasteiger partial charge in [0.25, 0.3) is 0 Å². The topological polar surface area (TPSA) is 103 Å². The van der Waals surface area contributed by atoms with E-state index in [1.54, 1.807) is 24.4 Å². The number of hydrogen-bond donors (Lipinski definition) is 3. The quantitative estimate of drug-likeness (QED) is 0.315. The van der Waals surface area contributed by atoms with Crippen LogP contribution in [0.5, 0.6) is 5.75 Å². The summed E-state index contributed by atoms with van der Waals surface area (Å²) in [4.78, 5) is 8.19. The van der Waals surface area contributed by atoms with Crippen molar-refractivity contribution in [3.8, 4) is 23.2 Å². The van der Waals surface area contributed by atoms with E-state index in [1.807, 2.05) is 0 Å². The Morgan fingerprint density at radius 1 is 1.29 bits per heavy atom. The molecule has 3 aromatic rings. The molecule has 0 aliphatic rings. The largest absolute Gasteiger partial charge is 0.496 e. The molecule has 2 N–H and O–H groups in total. The minimum Gasteiger partial charge on any atom is -0.496 e. The van der Waals surface area contributed by atoms with Crippen LogP contribution in [0.4, 0.5) is 20.4 Å². The van der Waals surface area contributed by atoms with Crippen molar-refractivity contribution in [1.82, 2.24) is 9.97 Å². The van der Waals surface area contributed by atoms with Gasteiger partial charge in [0.05, 0.1) is 13.3 Å². The van der Waals surface area contributed by atoms with Gasteiger partial charge < -0.3 is 14.6 Å². The molecule has 1 aromatic heterocycles. The second-order valence-electron chi connectivity index (χ2n) is 6.65. The summed E-state index contributed by atoms with van der Waals surface area (Å²) in [5.41, 5.74) is 1.54. The summed E-state index contributed by atoms with van der Waals surface area (Å²) in [7, 11) is -1.41. The molecule has 2 aromatic carbocycles. The first-order chi connectivity index (χ1) is 14.7. The number of thiol groups is 1. The van der Waals surface area contributed by atoms with Crippen molar-refractivity contribution in [2.45, 2.75) is 5.75 Å². The van der Waals surface area contributed by atoms with E-state index in [2.05, 4.69) is 35.6 Å². The van der Waals surface area contributed by atoms with Crippen molar-refractivity contribution in [2.24, 2.45) is 4.36 Å². The molecule has 0 fully saturated rings. The molecular weight excluding hydrogens is 492 g/mol. The number of ether oxygens (including phenoxy) is 1. The number of hydrogen-bond acceptors (Lipinski definition) is 6. The minimum atomic E-state index is -2.76. The number of nitriles is 1. The van der Waals surface area contributed by atoms with Crippen LogP contribution in [0.2, 0.25) is 0 Å². The number of aromatic nitrogens is 2. The molecule has 0 saturated carbocycles. The SMILES string of the molecule is COc1cc(F)ccc1-c1nc(Nc2cc(Br)cc(C[SH](C)(O)=NC#N)c2)ncc1F. The Labute approximate surface area is 187 Å². The highest BCUT2D eigenvalue weighted by atomic mass is 79.9. The van der Waals surface area contributed by atoms with Crippen LogP contribution >= 0.6 is 15.9 Å². The fourth-order valence-electron chi connectivity index (χ4n) is 2.90. The fourth-order valence-corrected chi connectivity index (χ4v) is 4.58. The lowest BCUT2D eigenvalue weighted by Crippen LogP contribution is -2.10. The van der Waals surface area contributed by atoms with Crippen LogP contribution in [-0.2, 0) is 15.9 Å². The minimum absolute atomic E-state index is 0.0498. The number of halogens is 3. The Kier molecular flexibility index (Phi) is 6.94. The third kappa shape index (κ3) is 5.81. The Bertz CT molecular complexity index is 1230. The van der Waals surface area contributed by atoms with Gasteiger partial charge in [-0.15, -0.1) is 4.36 Å². The van der Waals surface area contributed by atoms with Gasteiger partial charge >= 0.3 is 0 Å². The molecule has 0 bridgehead atoms. The van der Waals surface area contributed by atoms with Gasteiger partial charge in [-0.3, -0.25) is 0 Å². The number of methoxy groups -OCH3 is 1. The first-order valence-electron chi connectivity index (χ1n) is 8.83. The summed E-state index contributed by atoms with van der Waals surface area (Å²) >= 11 is 3.40. The van der Waals surface area contributed by atoms with E-state index in [9.17, 15) is 13.3 Å². The van der Waals surface area contributed by atoms with E-state index in [0.717, 1.165) is 17.8 Å². The second kappa shape index (κ2) is 9.47. The Hall–Kier alpha value is -2.94. The van der Waals surface area contributed by atoms with Gasteiger partial charge in [-0.25, -0.2) is 18.7 Å². The fraction of sp³-hybridized carbons (Fsp3) is 0.150. The van der Waals surface area contributed by atoms with E-state index in [1.165, 1.54) is 25.5 Å². The van der Waals surface area contributed by atoms with Crippen LogP contribution < -0.4 is 10.1 Å². The Morgan fingerprint density at radius 2 is 2.06 bits per heavy atom. The van der Waals surface area contributed by atoms with E-state index in [0.29, 0.717) is 10.2 Å². The standard InChI is InChI=1S/C20H18BrF2N5O2S/c1-30-18-8-14(22)3-4-16(18)19-17(23)9-25-20(28-19)27-15-6-12(5-13(21)7-15)10-31(2,29)26-11-24/h3-9,31H,10H2,1-2H3,(H,26,29)(H,25,27,28). The zero-order chi connectivity index (χ0) is 22.6. The normalized spacial score (nSPS) is 11.5. The molecule has 0 atom stereocenters. The summed E-state index contributed by atoms with van der Waals surface area (Å²) in [6.45, 7) is 0. The molecular formula is C20H18BrF2N5O2S. The molecule has 0 radical (unpaired) electrons. The molecule has 0 aliphatic heterocycles. The summed E-state index contributed by atoms with van der Waals surface area (Å²) in [5, 5.41) is 11.7. The predicted molar refractivity (Wildman–Crippen MR) is 120 cm³/mol. The van der Waals surface area contributed by atoms with Crippen molar-refractivity contribution < 1.29 is 18.1 Å². The van der Waals surface area contributed by atoms with Crippen LogP contribution in [0.25, 0.3) is 11.3 Å². The highest BCUT2D eigenvalue weighted by Crippen LogP contribution is 2.32. The monoisotopic (exact) mass is 509 g/mol. The molecule has 3 rings (SSSR count). The zero-order valence-electron chi connectivity index (χ0n) is 16.5. The van der Waals surface area contributed by atoms with Gasteiger partial charge in [0, 0.05) is 27.5 Å². The molecule has 0 unspecified atom stereocenters. The van der Waals surface area contributed by atoms with E-state index in [4.69, 9.17) is 10.00 Å². The number of nitrogens with zero attached hydrogens (tertiary/aromatic N) is 4. The van der Waals surface area contributed by atoms with Gasteiger partial charge in [-0.05, 0) is 42.2 Å². The third-order valence-corrected chi connectivity index (χ3v) is 6.06. The van der Waals surface area contributed by atoms with Crippen LogP contribution in [0.1, 0.15) is 5.56 Å². The summed E-state index contributed by atoms with van der Waals surface area (Å²) in [5.74, 6) is -0.756. The Balaban J connectivity index is 1.95. The number of anilines is 2. The maximum absolute atomic E-state index is 14.4. The molecule has 162 valence electrons. The van der Waals surface area contributed by atoms with E-state index >= 15 is 0 Å². The smallest absolute Gasteiger partial charge is 0.227 e. The van der Waals surface area contributed by atoms with Gasteiger partial charge in [-0.2, -0.15) is 5.26 Å². The van der Waals surface area contributed by atoms with Crippen LogP contribution in [0.15, 0.2) is 51.4 Å². The highest BCUT2D eigenvalue weighted by molar-refractivity contribution is 9.10. The maximum Gasteiger partial charge on any atom is 0.227 e. The summed E-state index contributed by atoms with van der Waals surface area (Å²) in [6, 6.07) is 9.01. The lowest BCUT2D eigenvalue weighted by molar-refractivity contribution is 0.412. The average molecular weight is 510 g/mol. The third-order valence-electron chi connectivity index (χ3n) is 4.12. The molecule has 7 nitrogen and oxygen atoms in total. The van der Waals surface area contributed by atoms with Crippen LogP contribution in [-0.4, -0.2) is 27.9 Å². The average Bonchev–Trinajstić information content (AvgIpc) is 2.68. The van der Waals surface area contributed by atoms with Crippen molar-refractivity contribution in [1.29, 1.82) is 5.26 Å². The van der Waals surface area contributed by atoms with E-state index in [-0.39, 0.29) is 28.7 Å². The molecule has 0 saturated heterocycles. The van der Waals surface area contributed by atoms with E-state index < -0.39 is 21.7 Å². The molecule has 11 heteroatoms. The lowest BCUT2D eigenvalue weighted by atomic mass is 10.1. The number of nitrogens with one attached hydrogen (secondary N) is 1. The maximum atomic E-state index is 14.4. The molecule has 0 spiro atoms. The van der Waals surface area contributed by atoms with Crippen molar-refractivity contribution >= 4 is 37.7 Å². The highest BCUT2D eigenvalue weighted by Gasteiger charge is 2.15. The van der Waals surface area contributed by atoms with Gasteiger partial charge in [0.2, 0.25) is 12.1 Å². The Morgan fingerprint density at radius 3 is 2.77 bits per heavy atom. The molecule has 31 heavy (non-hydrogen) atoms. The first-order valence-corrected chi connectivity index (χ1v) is 12.0. The van der Waals surface area contributed by atoms with Crippen molar-refractivity contribution in [3.63, 3.8) is 0 Å². The predicted octanol–water partition coefficient (Wildman–Crippen LogP) is 5.09. The van der Waals surface area contributed by atoms with Gasteiger partial charge in [0.1, 0.15) is 17.3 Å². The first kappa shape index (κ1) is 22.7. The molecule has 0 aliphatic carbocycles. The van der Waals surface area contributed by atoms with Gasteiger partial charge in [-0.1, -0.05) is 26.0 Å². The van der Waals surface area contributed by atoms with Crippen LogP contribution in [0, 0.1) is 23.1 Å². The molecule has 0 amide bonds. The van der Waals surface area contributed by atoms with Gasteiger partial charge in [0.15, 0.2) is 5.82 Å². The second-order valence-corrected chi connectivity index (χ2v) is 10.3. The zero-order valence-corrected chi connectivity index (χ0v) is 19.0. The summed E-state index contributed by atoms with van der Waals surface area (Å²) < 4.78 is 47.7. The number of rotatable bonds is 6. The summed E-state index contributed by atoms with van der Waals surface area (Å²) in [6.07, 6.45) is 4.19.